The van der Waals surface area contributed by atoms with Crippen LogP contribution < -0.4 is 9.47 Å². The highest BCUT2D eigenvalue weighted by molar-refractivity contribution is 5.87. The van der Waals surface area contributed by atoms with Crippen LogP contribution in [0.4, 0.5) is 0 Å². The fraction of sp³-hybridized carbons (Fsp3) is 0. The van der Waals surface area contributed by atoms with Gasteiger partial charge in [-0.2, -0.15) is 10.5 Å². The summed E-state index contributed by atoms with van der Waals surface area (Å²) in [5.74, 6) is 4.17. The first-order valence-electron chi connectivity index (χ1n) is 17.3. The number of rotatable bonds is 6. The lowest BCUT2D eigenvalue weighted by atomic mass is 9.92. The molecule has 0 radical (unpaired) electrons. The highest BCUT2D eigenvalue weighted by atomic mass is 16.6. The van der Waals surface area contributed by atoms with E-state index in [9.17, 15) is 10.5 Å². The quantitative estimate of drug-likeness (QED) is 0.171. The van der Waals surface area contributed by atoms with E-state index in [2.05, 4.69) is 24.3 Å². The Morgan fingerprint density at radius 1 is 0.333 bits per heavy atom. The van der Waals surface area contributed by atoms with Gasteiger partial charge in [0.05, 0.1) is 23.3 Å². The molecule has 7 heteroatoms. The van der Waals surface area contributed by atoms with Crippen molar-refractivity contribution in [3.63, 3.8) is 0 Å². The molecule has 1 aliphatic heterocycles. The molecule has 54 heavy (non-hydrogen) atoms. The minimum Gasteiger partial charge on any atom is -0.449 e. The molecule has 0 fully saturated rings. The third-order valence-electron chi connectivity index (χ3n) is 9.29. The number of hydrogen-bond acceptors (Lipinski definition) is 7. The zero-order chi connectivity index (χ0) is 36.4. The van der Waals surface area contributed by atoms with Gasteiger partial charge in [-0.15, -0.1) is 0 Å². The normalized spacial score (nSPS) is 11.2. The number of nitrogens with zero attached hydrogens (tertiary/aromatic N) is 5. The monoisotopic (exact) mass is 693 g/mol. The molecular weight excluding hydrogens is 667 g/mol. The number of fused-ring (bicyclic) bond motifs is 2. The lowest BCUT2D eigenvalue weighted by Gasteiger charge is -2.24. The summed E-state index contributed by atoms with van der Waals surface area (Å²) < 4.78 is 13.0. The van der Waals surface area contributed by atoms with Crippen molar-refractivity contribution >= 4 is 0 Å². The van der Waals surface area contributed by atoms with Crippen LogP contribution in [0, 0.1) is 22.7 Å². The molecule has 0 bridgehead atoms. The van der Waals surface area contributed by atoms with E-state index in [0.717, 1.165) is 50.1 Å². The summed E-state index contributed by atoms with van der Waals surface area (Å²) in [7, 11) is 0. The van der Waals surface area contributed by atoms with E-state index in [0.29, 0.717) is 51.6 Å². The first-order valence-corrected chi connectivity index (χ1v) is 17.3. The number of benzene rings is 7. The average molecular weight is 694 g/mol. The Balaban J connectivity index is 1.04. The zero-order valence-electron chi connectivity index (χ0n) is 28.6. The average Bonchev–Trinajstić information content (AvgIpc) is 3.25. The van der Waals surface area contributed by atoms with Crippen molar-refractivity contribution in [3.05, 3.63) is 175 Å². The molecule has 7 nitrogen and oxygen atoms in total. The second kappa shape index (κ2) is 13.7. The molecule has 0 saturated carbocycles. The molecule has 1 aliphatic rings. The molecule has 7 aromatic carbocycles. The number of ether oxygens (including phenoxy) is 2. The van der Waals surface area contributed by atoms with Crippen LogP contribution in [0.5, 0.6) is 23.0 Å². The molecule has 252 valence electrons. The van der Waals surface area contributed by atoms with E-state index in [-0.39, 0.29) is 0 Å². The minimum atomic E-state index is 0.574. The van der Waals surface area contributed by atoms with E-state index in [4.69, 9.17) is 24.4 Å². The molecule has 2 heterocycles. The maximum atomic E-state index is 9.38. The molecule has 0 saturated heterocycles. The lowest BCUT2D eigenvalue weighted by Crippen LogP contribution is -2.01. The Bertz CT molecular complexity index is 2700. The predicted molar refractivity (Wildman–Crippen MR) is 208 cm³/mol. The standard InChI is InChI=1S/C47H27N5O2/c48-28-30-11-15-33(16-12-30)39-26-43-44(27-40(39)34-17-13-31(29-49)14-18-34)54-42-25-38(23-24-41(42)53-43)32-19-21-37(22-20-32)47-51-45(35-7-3-1-4-8-35)50-46(52-47)36-9-5-2-6-10-36/h1-27H. The van der Waals surface area contributed by atoms with Gasteiger partial charge in [0.15, 0.2) is 40.5 Å². The van der Waals surface area contributed by atoms with Gasteiger partial charge in [-0.05, 0) is 81.9 Å². The first kappa shape index (κ1) is 32.1. The van der Waals surface area contributed by atoms with Crippen LogP contribution in [0.15, 0.2) is 164 Å². The highest BCUT2D eigenvalue weighted by Crippen LogP contribution is 2.50. The van der Waals surface area contributed by atoms with Crippen LogP contribution in [0.2, 0.25) is 0 Å². The van der Waals surface area contributed by atoms with Gasteiger partial charge in [0.1, 0.15) is 0 Å². The summed E-state index contributed by atoms with van der Waals surface area (Å²) >= 11 is 0. The van der Waals surface area contributed by atoms with Gasteiger partial charge in [-0.1, -0.05) is 115 Å². The number of nitriles is 2. The molecule has 0 atom stereocenters. The molecule has 0 N–H and O–H groups in total. The number of hydrogen-bond donors (Lipinski definition) is 0. The third-order valence-corrected chi connectivity index (χ3v) is 9.29. The topological polar surface area (TPSA) is 105 Å². The van der Waals surface area contributed by atoms with Crippen molar-refractivity contribution < 1.29 is 9.47 Å². The van der Waals surface area contributed by atoms with Crippen LogP contribution >= 0.6 is 0 Å². The molecule has 0 unspecified atom stereocenters. The maximum absolute atomic E-state index is 9.38. The van der Waals surface area contributed by atoms with E-state index < -0.39 is 0 Å². The lowest BCUT2D eigenvalue weighted by molar-refractivity contribution is 0.360. The van der Waals surface area contributed by atoms with Crippen molar-refractivity contribution in [1.29, 1.82) is 10.5 Å². The molecule has 9 rings (SSSR count). The summed E-state index contributed by atoms with van der Waals surface area (Å²) in [6.07, 6.45) is 0. The highest BCUT2D eigenvalue weighted by Gasteiger charge is 2.23. The Morgan fingerprint density at radius 3 is 1.17 bits per heavy atom. The van der Waals surface area contributed by atoms with Crippen LogP contribution in [-0.2, 0) is 0 Å². The Kier molecular flexibility index (Phi) is 8.13. The molecule has 1 aromatic heterocycles. The molecule has 8 aromatic rings. The van der Waals surface area contributed by atoms with Crippen LogP contribution in [-0.4, -0.2) is 15.0 Å². The van der Waals surface area contributed by atoms with Gasteiger partial charge in [0, 0.05) is 16.7 Å². The largest absolute Gasteiger partial charge is 0.449 e. The summed E-state index contributed by atoms with van der Waals surface area (Å²) in [5.41, 5.74) is 9.48. The Morgan fingerprint density at radius 2 is 0.704 bits per heavy atom. The van der Waals surface area contributed by atoms with Crippen molar-refractivity contribution in [2.24, 2.45) is 0 Å². The van der Waals surface area contributed by atoms with Crippen molar-refractivity contribution in [2.45, 2.75) is 0 Å². The predicted octanol–water partition coefficient (Wildman–Crippen LogP) is 11.5. The summed E-state index contributed by atoms with van der Waals surface area (Å²) in [5, 5.41) is 18.7. The second-order valence-corrected chi connectivity index (χ2v) is 12.7. The first-order chi connectivity index (χ1) is 26.6. The SMILES string of the molecule is N#Cc1ccc(-c2cc3c(cc2-c2ccc(C#N)cc2)Oc2cc(-c4ccc(-c5nc(-c6ccccc6)nc(-c6ccccc6)n5)cc4)ccc2O3)cc1. The zero-order valence-corrected chi connectivity index (χ0v) is 28.6. The van der Waals surface area contributed by atoms with Crippen molar-refractivity contribution in [1.82, 2.24) is 15.0 Å². The van der Waals surface area contributed by atoms with Crippen LogP contribution in [0.3, 0.4) is 0 Å². The summed E-state index contributed by atoms with van der Waals surface area (Å²) in [6, 6.07) is 57.1. The maximum Gasteiger partial charge on any atom is 0.170 e. The summed E-state index contributed by atoms with van der Waals surface area (Å²) in [6.45, 7) is 0. The summed E-state index contributed by atoms with van der Waals surface area (Å²) in [4.78, 5) is 14.5. The second-order valence-electron chi connectivity index (χ2n) is 12.7. The van der Waals surface area contributed by atoms with E-state index in [1.54, 1.807) is 24.3 Å². The number of aromatic nitrogens is 3. The Labute approximate surface area is 311 Å². The smallest absolute Gasteiger partial charge is 0.170 e. The van der Waals surface area contributed by atoms with Gasteiger partial charge in [-0.3, -0.25) is 0 Å². The van der Waals surface area contributed by atoms with Gasteiger partial charge in [0.2, 0.25) is 0 Å². The van der Waals surface area contributed by atoms with Gasteiger partial charge in [-0.25, -0.2) is 15.0 Å². The van der Waals surface area contributed by atoms with Crippen LogP contribution in [0.1, 0.15) is 11.1 Å². The molecule has 0 spiro atoms. The van der Waals surface area contributed by atoms with Crippen molar-refractivity contribution in [3.8, 4) is 103 Å². The third kappa shape index (κ3) is 6.19. The van der Waals surface area contributed by atoms with E-state index >= 15 is 0 Å². The van der Waals surface area contributed by atoms with Crippen LogP contribution in [0.25, 0.3) is 67.5 Å². The molecule has 0 aliphatic carbocycles. The fourth-order valence-electron chi connectivity index (χ4n) is 6.48. The van der Waals surface area contributed by atoms with Gasteiger partial charge < -0.3 is 9.47 Å². The van der Waals surface area contributed by atoms with E-state index in [1.807, 2.05) is 127 Å². The molecule has 0 amide bonds. The van der Waals surface area contributed by atoms with Gasteiger partial charge >= 0.3 is 0 Å². The molecular formula is C47H27N5O2. The van der Waals surface area contributed by atoms with E-state index in [1.165, 1.54) is 0 Å². The van der Waals surface area contributed by atoms with Crippen molar-refractivity contribution in [2.75, 3.05) is 0 Å². The Hall–Kier alpha value is -7.87. The van der Waals surface area contributed by atoms with Gasteiger partial charge in [0.25, 0.3) is 0 Å². The fourth-order valence-corrected chi connectivity index (χ4v) is 6.48. The minimum absolute atomic E-state index is 0.574.